The highest BCUT2D eigenvalue weighted by Crippen LogP contribution is 2.33. The molecule has 1 N–H and O–H groups in total. The molecule has 1 aliphatic rings. The van der Waals surface area contributed by atoms with Crippen molar-refractivity contribution >= 4 is 5.97 Å². The molecule has 25 heavy (non-hydrogen) atoms. The van der Waals surface area contributed by atoms with Crippen LogP contribution in [0.2, 0.25) is 0 Å². The summed E-state index contributed by atoms with van der Waals surface area (Å²) in [5.41, 5.74) is 1.05. The molecule has 2 aromatic carbocycles. The highest BCUT2D eigenvalue weighted by molar-refractivity contribution is 5.73. The number of halogens is 3. The minimum Gasteiger partial charge on any atom is -0.493 e. The number of carboxylic acids is 1. The number of alkyl halides is 3. The van der Waals surface area contributed by atoms with Gasteiger partial charge in [0.15, 0.2) is 0 Å². The Morgan fingerprint density at radius 3 is 2.32 bits per heavy atom. The number of carbonyl (C=O) groups is 1. The summed E-state index contributed by atoms with van der Waals surface area (Å²) < 4.78 is 43.8. The van der Waals surface area contributed by atoms with Gasteiger partial charge in [0.2, 0.25) is 0 Å². The summed E-state index contributed by atoms with van der Waals surface area (Å²) in [7, 11) is 0. The number of carboxylic acid groups (broad SMARTS) is 1. The summed E-state index contributed by atoms with van der Waals surface area (Å²) >= 11 is 0. The van der Waals surface area contributed by atoms with Crippen molar-refractivity contribution in [3.05, 3.63) is 53.6 Å². The van der Waals surface area contributed by atoms with Crippen LogP contribution in [0.25, 0.3) is 11.1 Å². The van der Waals surface area contributed by atoms with Crippen LogP contribution < -0.4 is 4.74 Å². The standard InChI is InChI=1S/C19H17F3O3/c20-19(21,22)16-5-3-14(4-6-16)15-7-13(9-18(23)24)8-17(10-15)25-11-12-1-2-12/h3-8,10,12H,1-2,9,11H2,(H,23,24). The third-order valence-electron chi connectivity index (χ3n) is 4.05. The van der Waals surface area contributed by atoms with Gasteiger partial charge in [-0.15, -0.1) is 0 Å². The van der Waals surface area contributed by atoms with Crippen molar-refractivity contribution in [3.63, 3.8) is 0 Å². The van der Waals surface area contributed by atoms with Gasteiger partial charge in [-0.2, -0.15) is 13.2 Å². The number of ether oxygens (including phenoxy) is 1. The van der Waals surface area contributed by atoms with Gasteiger partial charge in [0.05, 0.1) is 18.6 Å². The van der Waals surface area contributed by atoms with E-state index in [9.17, 15) is 18.0 Å². The monoisotopic (exact) mass is 350 g/mol. The van der Waals surface area contributed by atoms with Crippen LogP contribution in [0.1, 0.15) is 24.0 Å². The highest BCUT2D eigenvalue weighted by Gasteiger charge is 2.30. The van der Waals surface area contributed by atoms with Gasteiger partial charge in [-0.3, -0.25) is 4.79 Å². The van der Waals surface area contributed by atoms with E-state index in [1.807, 2.05) is 0 Å². The third-order valence-corrected chi connectivity index (χ3v) is 4.05. The quantitative estimate of drug-likeness (QED) is 0.815. The average Bonchev–Trinajstić information content (AvgIpc) is 3.36. The number of hydrogen-bond acceptors (Lipinski definition) is 2. The Balaban J connectivity index is 1.89. The highest BCUT2D eigenvalue weighted by atomic mass is 19.4. The molecule has 132 valence electrons. The minimum atomic E-state index is -4.39. The lowest BCUT2D eigenvalue weighted by Gasteiger charge is -2.12. The lowest BCUT2D eigenvalue weighted by molar-refractivity contribution is -0.138. The first-order chi connectivity index (χ1) is 11.8. The van der Waals surface area contributed by atoms with Crippen molar-refractivity contribution in [2.75, 3.05) is 6.61 Å². The number of rotatable bonds is 6. The van der Waals surface area contributed by atoms with Gasteiger partial charge in [-0.1, -0.05) is 18.2 Å². The maximum Gasteiger partial charge on any atom is 0.416 e. The second-order valence-corrected chi connectivity index (χ2v) is 6.27. The van der Waals surface area contributed by atoms with Crippen molar-refractivity contribution in [1.29, 1.82) is 0 Å². The van der Waals surface area contributed by atoms with E-state index in [4.69, 9.17) is 9.84 Å². The van der Waals surface area contributed by atoms with Gasteiger partial charge >= 0.3 is 12.1 Å². The van der Waals surface area contributed by atoms with Crippen LogP contribution in [-0.4, -0.2) is 17.7 Å². The fourth-order valence-corrected chi connectivity index (χ4v) is 2.54. The number of aliphatic carboxylic acids is 1. The molecule has 2 aromatic rings. The average molecular weight is 350 g/mol. The van der Waals surface area contributed by atoms with Crippen molar-refractivity contribution in [1.82, 2.24) is 0 Å². The van der Waals surface area contributed by atoms with Crippen LogP contribution in [0, 0.1) is 5.92 Å². The van der Waals surface area contributed by atoms with E-state index in [2.05, 4.69) is 0 Å². The van der Waals surface area contributed by atoms with E-state index in [-0.39, 0.29) is 6.42 Å². The molecule has 3 rings (SSSR count). The number of benzene rings is 2. The maximum atomic E-state index is 12.7. The zero-order valence-corrected chi connectivity index (χ0v) is 13.3. The molecular weight excluding hydrogens is 333 g/mol. The first kappa shape index (κ1) is 17.3. The van der Waals surface area contributed by atoms with Crippen LogP contribution >= 0.6 is 0 Å². The SMILES string of the molecule is O=C(O)Cc1cc(OCC2CC2)cc(-c2ccc(C(F)(F)F)cc2)c1. The lowest BCUT2D eigenvalue weighted by atomic mass is 10.00. The lowest BCUT2D eigenvalue weighted by Crippen LogP contribution is -2.04. The summed E-state index contributed by atoms with van der Waals surface area (Å²) in [6.07, 6.45) is -2.31. The van der Waals surface area contributed by atoms with E-state index in [0.29, 0.717) is 35.0 Å². The van der Waals surface area contributed by atoms with Crippen LogP contribution in [0.5, 0.6) is 5.75 Å². The summed E-state index contributed by atoms with van der Waals surface area (Å²) in [6, 6.07) is 9.87. The molecule has 1 fully saturated rings. The van der Waals surface area contributed by atoms with Gasteiger partial charge in [0, 0.05) is 0 Å². The molecule has 1 aliphatic carbocycles. The Bertz CT molecular complexity index is 762. The maximum absolute atomic E-state index is 12.7. The minimum absolute atomic E-state index is 0.172. The Labute approximate surface area is 143 Å². The molecular formula is C19H17F3O3. The molecule has 0 heterocycles. The largest absolute Gasteiger partial charge is 0.493 e. The molecule has 0 radical (unpaired) electrons. The van der Waals surface area contributed by atoms with Crippen molar-refractivity contribution in [2.24, 2.45) is 5.92 Å². The molecule has 1 saturated carbocycles. The predicted molar refractivity (Wildman–Crippen MR) is 86.4 cm³/mol. The Hall–Kier alpha value is -2.50. The molecule has 0 unspecified atom stereocenters. The van der Waals surface area contributed by atoms with E-state index in [1.54, 1.807) is 18.2 Å². The zero-order valence-electron chi connectivity index (χ0n) is 13.3. The molecule has 3 nitrogen and oxygen atoms in total. The molecule has 0 aliphatic heterocycles. The summed E-state index contributed by atoms with van der Waals surface area (Å²) in [6.45, 7) is 0.572. The topological polar surface area (TPSA) is 46.5 Å². The van der Waals surface area contributed by atoms with Gasteiger partial charge in [0.1, 0.15) is 5.75 Å². The Morgan fingerprint density at radius 2 is 1.76 bits per heavy atom. The Morgan fingerprint density at radius 1 is 1.08 bits per heavy atom. The molecule has 0 spiro atoms. The van der Waals surface area contributed by atoms with E-state index in [0.717, 1.165) is 25.0 Å². The molecule has 0 aromatic heterocycles. The van der Waals surface area contributed by atoms with Gasteiger partial charge < -0.3 is 9.84 Å². The van der Waals surface area contributed by atoms with Gasteiger partial charge in [-0.25, -0.2) is 0 Å². The first-order valence-electron chi connectivity index (χ1n) is 7.97. The Kier molecular flexibility index (Phi) is 4.70. The van der Waals surface area contributed by atoms with Crippen LogP contribution in [0.15, 0.2) is 42.5 Å². The van der Waals surface area contributed by atoms with Crippen molar-refractivity contribution < 1.29 is 27.8 Å². The van der Waals surface area contributed by atoms with E-state index in [1.165, 1.54) is 12.1 Å². The third kappa shape index (κ3) is 4.75. The van der Waals surface area contributed by atoms with Gasteiger partial charge in [0.25, 0.3) is 0 Å². The van der Waals surface area contributed by atoms with Crippen molar-refractivity contribution in [3.8, 4) is 16.9 Å². The van der Waals surface area contributed by atoms with Crippen LogP contribution in [0.3, 0.4) is 0 Å². The zero-order chi connectivity index (χ0) is 18.0. The van der Waals surface area contributed by atoms with Crippen LogP contribution in [0.4, 0.5) is 13.2 Å². The molecule has 0 amide bonds. The summed E-state index contributed by atoms with van der Waals surface area (Å²) in [5.74, 6) is 0.107. The summed E-state index contributed by atoms with van der Waals surface area (Å²) in [5, 5.41) is 9.01. The molecule has 0 bridgehead atoms. The second kappa shape index (κ2) is 6.78. The van der Waals surface area contributed by atoms with E-state index >= 15 is 0 Å². The second-order valence-electron chi connectivity index (χ2n) is 6.27. The van der Waals surface area contributed by atoms with E-state index < -0.39 is 17.7 Å². The van der Waals surface area contributed by atoms with Crippen molar-refractivity contribution in [2.45, 2.75) is 25.4 Å². The fourth-order valence-electron chi connectivity index (χ4n) is 2.54. The molecule has 6 heteroatoms. The van der Waals surface area contributed by atoms with Gasteiger partial charge in [-0.05, 0) is 59.7 Å². The number of hydrogen-bond donors (Lipinski definition) is 1. The molecule has 0 saturated heterocycles. The fraction of sp³-hybridized carbons (Fsp3) is 0.316. The first-order valence-corrected chi connectivity index (χ1v) is 7.97. The molecule has 0 atom stereocenters. The predicted octanol–water partition coefficient (Wildman–Crippen LogP) is 4.79. The smallest absolute Gasteiger partial charge is 0.416 e. The summed E-state index contributed by atoms with van der Waals surface area (Å²) in [4.78, 5) is 11.0. The normalized spacial score (nSPS) is 14.4. The van der Waals surface area contributed by atoms with Crippen LogP contribution in [-0.2, 0) is 17.4 Å².